The van der Waals surface area contributed by atoms with E-state index in [4.69, 9.17) is 33.7 Å². The van der Waals surface area contributed by atoms with E-state index in [0.29, 0.717) is 5.56 Å². The summed E-state index contributed by atoms with van der Waals surface area (Å²) in [6.45, 7) is -0.536. The summed E-state index contributed by atoms with van der Waals surface area (Å²) in [7, 11) is 0. The molecule has 3 aromatic rings. The number of aromatic nitrogens is 2. The van der Waals surface area contributed by atoms with Gasteiger partial charge in [-0.3, -0.25) is 14.5 Å². The number of amides is 1. The van der Waals surface area contributed by atoms with Gasteiger partial charge in [-0.15, -0.1) is 0 Å². The van der Waals surface area contributed by atoms with Gasteiger partial charge in [-0.2, -0.15) is 9.37 Å². The molecule has 11 heteroatoms. The maximum Gasteiger partial charge on any atom is 0.323 e. The van der Waals surface area contributed by atoms with E-state index in [0.717, 1.165) is 33.6 Å². The van der Waals surface area contributed by atoms with E-state index in [2.05, 4.69) is 9.97 Å². The molecule has 2 aromatic carbocycles. The number of aliphatic carboxylic acids is 1. The number of fused-ring (bicyclic) bond motifs is 1. The summed E-state index contributed by atoms with van der Waals surface area (Å²) in [5, 5.41) is 10.4. The van der Waals surface area contributed by atoms with Gasteiger partial charge in [-0.25, -0.2) is 4.98 Å². The SMILES string of the molecule is O=C(O)CN1C(=O)/C(=C/c2c(Oc3nc(Cl)ncc3F)ccc3ccccc23)SC1=S. The lowest BCUT2D eigenvalue weighted by Crippen LogP contribution is -2.33. The Labute approximate surface area is 189 Å². The summed E-state index contributed by atoms with van der Waals surface area (Å²) in [5.74, 6) is -2.68. The van der Waals surface area contributed by atoms with Crippen molar-refractivity contribution in [3.05, 3.63) is 64.2 Å². The highest BCUT2D eigenvalue weighted by molar-refractivity contribution is 8.26. The van der Waals surface area contributed by atoms with Crippen molar-refractivity contribution in [3.63, 3.8) is 0 Å². The second kappa shape index (κ2) is 8.58. The van der Waals surface area contributed by atoms with Gasteiger partial charge in [-0.1, -0.05) is 54.3 Å². The van der Waals surface area contributed by atoms with Gasteiger partial charge in [0.2, 0.25) is 11.1 Å². The molecule has 1 saturated heterocycles. The number of carboxylic acids is 1. The van der Waals surface area contributed by atoms with Crippen molar-refractivity contribution in [1.29, 1.82) is 0 Å². The minimum Gasteiger partial charge on any atom is -0.480 e. The Hall–Kier alpha value is -3.08. The number of thiocarbonyl (C=S) groups is 1. The molecule has 1 aliphatic rings. The van der Waals surface area contributed by atoms with Crippen LogP contribution in [0.5, 0.6) is 11.6 Å². The number of nitrogens with zero attached hydrogens (tertiary/aromatic N) is 3. The molecule has 0 bridgehead atoms. The van der Waals surface area contributed by atoms with Gasteiger partial charge in [0, 0.05) is 5.56 Å². The van der Waals surface area contributed by atoms with Crippen molar-refractivity contribution in [2.75, 3.05) is 6.54 Å². The average molecular weight is 476 g/mol. The van der Waals surface area contributed by atoms with Gasteiger partial charge >= 0.3 is 5.97 Å². The van der Waals surface area contributed by atoms with E-state index in [1.807, 2.05) is 18.2 Å². The van der Waals surface area contributed by atoms with Crippen molar-refractivity contribution < 1.29 is 23.8 Å². The molecule has 7 nitrogen and oxygen atoms in total. The summed E-state index contributed by atoms with van der Waals surface area (Å²) in [6, 6.07) is 10.7. The van der Waals surface area contributed by atoms with Crippen LogP contribution in [0.25, 0.3) is 16.8 Å². The molecule has 2 heterocycles. The minimum atomic E-state index is -1.18. The average Bonchev–Trinajstić information content (AvgIpc) is 2.99. The molecule has 1 aromatic heterocycles. The maximum atomic E-state index is 14.1. The van der Waals surface area contributed by atoms with Crippen molar-refractivity contribution in [1.82, 2.24) is 14.9 Å². The Morgan fingerprint density at radius 2 is 2.10 bits per heavy atom. The van der Waals surface area contributed by atoms with Gasteiger partial charge in [0.25, 0.3) is 11.8 Å². The van der Waals surface area contributed by atoms with Crippen molar-refractivity contribution >= 4 is 68.6 Å². The van der Waals surface area contributed by atoms with E-state index in [9.17, 15) is 14.0 Å². The van der Waals surface area contributed by atoms with Crippen LogP contribution in [-0.4, -0.2) is 42.7 Å². The Kier molecular flexibility index (Phi) is 5.86. The second-order valence-corrected chi connectivity index (χ2v) is 8.27. The van der Waals surface area contributed by atoms with Gasteiger partial charge in [0.1, 0.15) is 16.6 Å². The van der Waals surface area contributed by atoms with Crippen LogP contribution in [0.4, 0.5) is 4.39 Å². The lowest BCUT2D eigenvalue weighted by atomic mass is 10.0. The number of hydrogen-bond donors (Lipinski definition) is 1. The van der Waals surface area contributed by atoms with Gasteiger partial charge in [0.05, 0.1) is 11.1 Å². The largest absolute Gasteiger partial charge is 0.480 e. The summed E-state index contributed by atoms with van der Waals surface area (Å²) >= 11 is 11.9. The van der Waals surface area contributed by atoms with Gasteiger partial charge in [-0.05, 0) is 34.5 Å². The van der Waals surface area contributed by atoms with Crippen molar-refractivity contribution in [2.45, 2.75) is 0 Å². The molecular formula is C20H11ClFN3O4S2. The normalized spacial score (nSPS) is 15.2. The van der Waals surface area contributed by atoms with E-state index >= 15 is 0 Å². The molecule has 0 radical (unpaired) electrons. The molecule has 0 atom stereocenters. The third-order valence-electron chi connectivity index (χ3n) is 4.26. The quantitative estimate of drug-likeness (QED) is 0.327. The topological polar surface area (TPSA) is 92.6 Å². The van der Waals surface area contributed by atoms with Crippen LogP contribution < -0.4 is 4.74 Å². The number of ether oxygens (including phenoxy) is 1. The van der Waals surface area contributed by atoms with Crippen LogP contribution in [0.15, 0.2) is 47.5 Å². The number of carboxylic acid groups (broad SMARTS) is 1. The Balaban J connectivity index is 1.82. The molecule has 0 unspecified atom stereocenters. The molecule has 31 heavy (non-hydrogen) atoms. The van der Waals surface area contributed by atoms with E-state index in [1.165, 1.54) is 0 Å². The summed E-state index contributed by atoms with van der Waals surface area (Å²) in [4.78, 5) is 32.3. The first-order chi connectivity index (χ1) is 14.8. The van der Waals surface area contributed by atoms with Gasteiger partial charge < -0.3 is 9.84 Å². The predicted molar refractivity (Wildman–Crippen MR) is 119 cm³/mol. The smallest absolute Gasteiger partial charge is 0.323 e. The van der Waals surface area contributed by atoms with E-state index in [1.54, 1.807) is 24.3 Å². The van der Waals surface area contributed by atoms with E-state index in [-0.39, 0.29) is 26.1 Å². The molecule has 1 N–H and O–H groups in total. The maximum absolute atomic E-state index is 14.1. The van der Waals surface area contributed by atoms with Crippen LogP contribution >= 0.6 is 35.6 Å². The molecule has 4 rings (SSSR count). The first kappa shape index (κ1) is 21.2. The number of thioether (sulfide) groups is 1. The molecule has 1 aliphatic heterocycles. The highest BCUT2D eigenvalue weighted by atomic mass is 35.5. The predicted octanol–water partition coefficient (Wildman–Crippen LogP) is 4.50. The first-order valence-corrected chi connectivity index (χ1v) is 10.3. The number of halogens is 2. The highest BCUT2D eigenvalue weighted by Crippen LogP contribution is 2.38. The fraction of sp³-hybridized carbons (Fsp3) is 0.0500. The Morgan fingerprint density at radius 1 is 1.32 bits per heavy atom. The molecular weight excluding hydrogens is 465 g/mol. The van der Waals surface area contributed by atoms with Crippen LogP contribution in [0.2, 0.25) is 5.28 Å². The van der Waals surface area contributed by atoms with Crippen LogP contribution in [-0.2, 0) is 9.59 Å². The minimum absolute atomic E-state index is 0.134. The van der Waals surface area contributed by atoms with Crippen LogP contribution in [0.3, 0.4) is 0 Å². The fourth-order valence-corrected chi connectivity index (χ4v) is 4.29. The zero-order valence-electron chi connectivity index (χ0n) is 15.4. The molecule has 0 aliphatic carbocycles. The van der Waals surface area contributed by atoms with Crippen LogP contribution in [0.1, 0.15) is 5.56 Å². The third-order valence-corrected chi connectivity index (χ3v) is 5.82. The highest BCUT2D eigenvalue weighted by Gasteiger charge is 2.33. The van der Waals surface area contributed by atoms with E-state index < -0.39 is 24.2 Å². The lowest BCUT2D eigenvalue weighted by molar-refractivity contribution is -0.140. The van der Waals surface area contributed by atoms with Crippen LogP contribution in [0, 0.1) is 5.82 Å². The molecule has 1 amide bonds. The number of rotatable bonds is 5. The Morgan fingerprint density at radius 3 is 2.87 bits per heavy atom. The molecule has 156 valence electrons. The van der Waals surface area contributed by atoms with Crippen molar-refractivity contribution in [2.24, 2.45) is 0 Å². The number of carbonyl (C=O) groups excluding carboxylic acids is 1. The molecule has 0 spiro atoms. The molecule has 1 fully saturated rings. The zero-order valence-corrected chi connectivity index (χ0v) is 17.8. The van der Waals surface area contributed by atoms with Crippen molar-refractivity contribution in [3.8, 4) is 11.6 Å². The standard InChI is InChI=1S/C20H11ClFN3O4S2/c21-19-23-8-13(22)17(24-19)29-14-6-5-10-3-1-2-4-11(10)12(14)7-15-18(28)25(9-16(26)27)20(30)31-15/h1-8H,9H2,(H,26,27)/b15-7-. The monoisotopic (exact) mass is 475 g/mol. The second-order valence-electron chi connectivity index (χ2n) is 6.25. The number of benzene rings is 2. The zero-order chi connectivity index (χ0) is 22.1. The number of carbonyl (C=O) groups is 2. The first-order valence-electron chi connectivity index (χ1n) is 8.68. The fourth-order valence-electron chi connectivity index (χ4n) is 2.92. The Bertz CT molecular complexity index is 1280. The summed E-state index contributed by atoms with van der Waals surface area (Å²) in [5.41, 5.74) is 0.475. The summed E-state index contributed by atoms with van der Waals surface area (Å²) < 4.78 is 19.9. The lowest BCUT2D eigenvalue weighted by Gasteiger charge is -2.12. The van der Waals surface area contributed by atoms with Gasteiger partial charge in [0.15, 0.2) is 0 Å². The summed E-state index contributed by atoms with van der Waals surface area (Å²) in [6.07, 6.45) is 2.43. The third kappa shape index (κ3) is 4.36. The molecule has 0 saturated carbocycles. The number of hydrogen-bond acceptors (Lipinski definition) is 7.